The molecule has 3 rings (SSSR count). The molecule has 0 saturated heterocycles. The van der Waals surface area contributed by atoms with Gasteiger partial charge < -0.3 is 10.1 Å². The molecule has 1 aliphatic carbocycles. The van der Waals surface area contributed by atoms with Gasteiger partial charge in [-0.1, -0.05) is 19.1 Å². The van der Waals surface area contributed by atoms with Crippen LogP contribution in [0.1, 0.15) is 35.2 Å². The normalized spacial score (nSPS) is 16.0. The number of nitrogens with one attached hydrogen (secondary N) is 1. The van der Waals surface area contributed by atoms with Crippen LogP contribution in [-0.2, 0) is 4.79 Å². The third-order valence-electron chi connectivity index (χ3n) is 3.92. The molecular formula is C18H15FINO3. The lowest BCUT2D eigenvalue weighted by molar-refractivity contribution is -0.118. The first-order chi connectivity index (χ1) is 11.5. The Labute approximate surface area is 152 Å². The zero-order chi connectivity index (χ0) is 17.3. The van der Waals surface area contributed by atoms with Gasteiger partial charge in [-0.05, 0) is 52.8 Å². The Morgan fingerprint density at radius 3 is 2.83 bits per heavy atom. The van der Waals surface area contributed by atoms with Crippen LogP contribution in [0.4, 0.5) is 10.1 Å². The van der Waals surface area contributed by atoms with Gasteiger partial charge >= 0.3 is 0 Å². The summed E-state index contributed by atoms with van der Waals surface area (Å²) >= 11 is 2.12. The summed E-state index contributed by atoms with van der Waals surface area (Å²) in [6.45, 7) is 1.56. The number of para-hydroxylation sites is 1. The molecule has 1 N–H and O–H groups in total. The van der Waals surface area contributed by atoms with E-state index in [2.05, 4.69) is 27.9 Å². The molecule has 1 aliphatic rings. The summed E-state index contributed by atoms with van der Waals surface area (Å²) in [5.74, 6) is -0.797. The van der Waals surface area contributed by atoms with E-state index < -0.39 is 5.82 Å². The van der Waals surface area contributed by atoms with Crippen molar-refractivity contribution in [3.05, 3.63) is 56.9 Å². The van der Waals surface area contributed by atoms with E-state index in [9.17, 15) is 14.0 Å². The van der Waals surface area contributed by atoms with Crippen molar-refractivity contribution in [3.8, 4) is 5.75 Å². The average molecular weight is 439 g/mol. The van der Waals surface area contributed by atoms with Crippen LogP contribution in [0.5, 0.6) is 5.75 Å². The predicted octanol–water partition coefficient (Wildman–Crippen LogP) is 4.14. The van der Waals surface area contributed by atoms with Gasteiger partial charge in [0.1, 0.15) is 11.6 Å². The maximum absolute atomic E-state index is 13.9. The summed E-state index contributed by atoms with van der Waals surface area (Å²) in [7, 11) is 0. The second-order valence-corrected chi connectivity index (χ2v) is 6.84. The molecule has 1 atom stereocenters. The van der Waals surface area contributed by atoms with Gasteiger partial charge in [0, 0.05) is 15.6 Å². The van der Waals surface area contributed by atoms with Crippen LogP contribution in [0.2, 0.25) is 0 Å². The second kappa shape index (κ2) is 6.88. The number of ether oxygens (including phenoxy) is 1. The number of anilines is 1. The minimum Gasteiger partial charge on any atom is -0.483 e. The Hall–Kier alpha value is -1.96. The number of benzene rings is 2. The number of rotatable bonds is 4. The summed E-state index contributed by atoms with van der Waals surface area (Å²) in [4.78, 5) is 24.1. The van der Waals surface area contributed by atoms with E-state index >= 15 is 0 Å². The molecule has 0 saturated carbocycles. The van der Waals surface area contributed by atoms with E-state index in [0.717, 1.165) is 3.57 Å². The molecule has 0 unspecified atom stereocenters. The first kappa shape index (κ1) is 16.9. The van der Waals surface area contributed by atoms with Gasteiger partial charge in [-0.25, -0.2) is 4.39 Å². The Morgan fingerprint density at radius 2 is 2.08 bits per heavy atom. The predicted molar refractivity (Wildman–Crippen MR) is 97.0 cm³/mol. The lowest BCUT2D eigenvalue weighted by Crippen LogP contribution is -2.21. The van der Waals surface area contributed by atoms with Crippen molar-refractivity contribution in [1.82, 2.24) is 0 Å². The van der Waals surface area contributed by atoms with Crippen molar-refractivity contribution in [2.45, 2.75) is 19.3 Å². The molecule has 0 aliphatic heterocycles. The third-order valence-corrected chi connectivity index (χ3v) is 4.86. The molecule has 0 radical (unpaired) electrons. The van der Waals surface area contributed by atoms with Gasteiger partial charge in [0.15, 0.2) is 12.4 Å². The number of carbonyl (C=O) groups excluding carboxylic acids is 2. The van der Waals surface area contributed by atoms with Crippen molar-refractivity contribution in [2.75, 3.05) is 11.9 Å². The zero-order valence-electron chi connectivity index (χ0n) is 12.9. The highest BCUT2D eigenvalue weighted by Crippen LogP contribution is 2.39. The van der Waals surface area contributed by atoms with Crippen LogP contribution >= 0.6 is 22.6 Å². The number of ketones is 1. The molecule has 6 heteroatoms. The average Bonchev–Trinajstić information content (AvgIpc) is 2.85. The Morgan fingerprint density at radius 1 is 1.33 bits per heavy atom. The summed E-state index contributed by atoms with van der Waals surface area (Å²) < 4.78 is 20.3. The van der Waals surface area contributed by atoms with E-state index in [4.69, 9.17) is 4.74 Å². The molecule has 0 aromatic heterocycles. The van der Waals surface area contributed by atoms with Crippen LogP contribution in [0.25, 0.3) is 0 Å². The minimum atomic E-state index is -0.404. The lowest BCUT2D eigenvalue weighted by Gasteiger charge is -2.12. The lowest BCUT2D eigenvalue weighted by atomic mass is 10.0. The summed E-state index contributed by atoms with van der Waals surface area (Å²) in [5, 5.41) is 2.75. The van der Waals surface area contributed by atoms with Crippen molar-refractivity contribution in [3.63, 3.8) is 0 Å². The van der Waals surface area contributed by atoms with Gasteiger partial charge in [-0.3, -0.25) is 9.59 Å². The smallest absolute Gasteiger partial charge is 0.262 e. The molecule has 124 valence electrons. The molecule has 4 nitrogen and oxygen atoms in total. The first-order valence-corrected chi connectivity index (χ1v) is 8.58. The quantitative estimate of drug-likeness (QED) is 0.729. The highest BCUT2D eigenvalue weighted by Gasteiger charge is 2.32. The van der Waals surface area contributed by atoms with Gasteiger partial charge in [-0.2, -0.15) is 0 Å². The Bertz CT molecular complexity index is 822. The van der Waals surface area contributed by atoms with Crippen LogP contribution in [0.15, 0.2) is 36.4 Å². The molecule has 1 amide bonds. The van der Waals surface area contributed by atoms with Crippen molar-refractivity contribution in [2.24, 2.45) is 0 Å². The second-order valence-electron chi connectivity index (χ2n) is 5.68. The highest BCUT2D eigenvalue weighted by molar-refractivity contribution is 14.1. The number of carbonyl (C=O) groups is 2. The number of hydrogen-bond donors (Lipinski definition) is 1. The van der Waals surface area contributed by atoms with Gasteiger partial charge in [0.2, 0.25) is 0 Å². The minimum absolute atomic E-state index is 0.148. The number of halogens is 2. The van der Waals surface area contributed by atoms with Gasteiger partial charge in [-0.15, -0.1) is 0 Å². The monoisotopic (exact) mass is 439 g/mol. The fraction of sp³-hybridized carbons (Fsp3) is 0.222. The van der Waals surface area contributed by atoms with Gasteiger partial charge in [0.05, 0.1) is 11.3 Å². The van der Waals surface area contributed by atoms with Crippen molar-refractivity contribution >= 4 is 40.0 Å². The topological polar surface area (TPSA) is 55.4 Å². The molecular weight excluding hydrogens is 424 g/mol. The molecule has 0 heterocycles. The Balaban J connectivity index is 1.73. The maximum atomic E-state index is 13.9. The van der Waals surface area contributed by atoms with E-state index in [-0.39, 0.29) is 41.9 Å². The van der Waals surface area contributed by atoms with Crippen LogP contribution in [0.3, 0.4) is 0 Å². The summed E-state index contributed by atoms with van der Waals surface area (Å²) in [6.07, 6.45) is 0.265. The van der Waals surface area contributed by atoms with E-state index in [0.29, 0.717) is 11.3 Å². The number of Topliss-reactive ketones (excluding diaryl/α,β-unsaturated/α-hetero) is 1. The fourth-order valence-electron chi connectivity index (χ4n) is 2.84. The molecule has 0 bridgehead atoms. The standard InChI is InChI=1S/C18H15FINO3/c1-10-8-14(22)18-15(7-6-11(19)17(10)18)24-9-16(23)21-13-5-3-2-4-12(13)20/h2-7,10H,8-9H2,1H3,(H,21,23)/t10-/m0/s1. The van der Waals surface area contributed by atoms with E-state index in [1.165, 1.54) is 12.1 Å². The molecule has 0 fully saturated rings. The molecule has 0 spiro atoms. The summed E-state index contributed by atoms with van der Waals surface area (Å²) in [5.41, 5.74) is 1.35. The maximum Gasteiger partial charge on any atom is 0.262 e. The molecule has 2 aromatic carbocycles. The SMILES string of the molecule is C[C@H]1CC(=O)c2c(OCC(=O)Nc3ccccc3I)ccc(F)c21. The number of hydrogen-bond acceptors (Lipinski definition) is 3. The van der Waals surface area contributed by atoms with Crippen molar-refractivity contribution in [1.29, 1.82) is 0 Å². The largest absolute Gasteiger partial charge is 0.483 e. The van der Waals surface area contributed by atoms with Crippen molar-refractivity contribution < 1.29 is 18.7 Å². The molecule has 24 heavy (non-hydrogen) atoms. The number of amides is 1. The van der Waals surface area contributed by atoms with Crippen LogP contribution < -0.4 is 10.1 Å². The zero-order valence-corrected chi connectivity index (χ0v) is 15.1. The highest BCUT2D eigenvalue weighted by atomic mass is 127. The third kappa shape index (κ3) is 3.28. The van der Waals surface area contributed by atoms with E-state index in [1.807, 2.05) is 18.2 Å². The first-order valence-electron chi connectivity index (χ1n) is 7.50. The summed E-state index contributed by atoms with van der Waals surface area (Å²) in [6, 6.07) is 10.1. The number of fused-ring (bicyclic) bond motifs is 1. The van der Waals surface area contributed by atoms with E-state index in [1.54, 1.807) is 13.0 Å². The molecule has 2 aromatic rings. The van der Waals surface area contributed by atoms with Gasteiger partial charge in [0.25, 0.3) is 5.91 Å². The Kier molecular flexibility index (Phi) is 4.84. The fourth-order valence-corrected chi connectivity index (χ4v) is 3.36. The van der Waals surface area contributed by atoms with Crippen LogP contribution in [0, 0.1) is 9.39 Å². The van der Waals surface area contributed by atoms with Crippen LogP contribution in [-0.4, -0.2) is 18.3 Å².